The average Bonchev–Trinajstić information content (AvgIpc) is 2.52. The fourth-order valence-corrected chi connectivity index (χ4v) is 1.95. The van der Waals surface area contributed by atoms with Crippen LogP contribution in [0.3, 0.4) is 0 Å². The molecule has 3 heteroatoms. The first-order chi connectivity index (χ1) is 10.2. The highest BCUT2D eigenvalue weighted by molar-refractivity contribution is 5.83. The van der Waals surface area contributed by atoms with Crippen molar-refractivity contribution in [1.82, 2.24) is 0 Å². The molecule has 0 aromatic heterocycles. The molecule has 2 rings (SSSR count). The second-order valence-electron chi connectivity index (χ2n) is 4.93. The van der Waals surface area contributed by atoms with E-state index in [4.69, 9.17) is 4.74 Å². The smallest absolute Gasteiger partial charge is 0.128 e. The normalized spacial score (nSPS) is 12.5. The van der Waals surface area contributed by atoms with Gasteiger partial charge >= 0.3 is 0 Å². The molecule has 0 heterocycles. The third-order valence-electron chi connectivity index (χ3n) is 3.19. The number of aromatic hydroxyl groups is 1. The standard InChI is InChI=1S/C18H21NO2/c1-3-11-21-17-10-9-16(18(20)12-17)13-19-14(2)15-7-5-4-6-8-15/h4-10,12-14,20H,3,11H2,1-2H3/t14-/m0/s1. The summed E-state index contributed by atoms with van der Waals surface area (Å²) >= 11 is 0. The second kappa shape index (κ2) is 7.48. The van der Waals surface area contributed by atoms with Gasteiger partial charge in [0.25, 0.3) is 0 Å². The Labute approximate surface area is 125 Å². The molecule has 0 amide bonds. The molecule has 21 heavy (non-hydrogen) atoms. The lowest BCUT2D eigenvalue weighted by Crippen LogP contribution is -1.95. The summed E-state index contributed by atoms with van der Waals surface area (Å²) in [6.07, 6.45) is 2.65. The summed E-state index contributed by atoms with van der Waals surface area (Å²) in [5.74, 6) is 0.871. The lowest BCUT2D eigenvalue weighted by molar-refractivity contribution is 0.315. The van der Waals surface area contributed by atoms with E-state index >= 15 is 0 Å². The maximum atomic E-state index is 10.0. The number of rotatable bonds is 6. The van der Waals surface area contributed by atoms with Crippen molar-refractivity contribution >= 4 is 6.21 Å². The Kier molecular flexibility index (Phi) is 5.38. The van der Waals surface area contributed by atoms with E-state index in [2.05, 4.69) is 4.99 Å². The monoisotopic (exact) mass is 283 g/mol. The first-order valence-electron chi connectivity index (χ1n) is 7.24. The molecule has 1 N–H and O–H groups in total. The van der Waals surface area contributed by atoms with Crippen molar-refractivity contribution < 1.29 is 9.84 Å². The lowest BCUT2D eigenvalue weighted by atomic mass is 10.1. The van der Waals surface area contributed by atoms with Crippen LogP contribution in [0, 0.1) is 0 Å². The van der Waals surface area contributed by atoms with E-state index in [9.17, 15) is 5.11 Å². The first kappa shape index (κ1) is 15.1. The zero-order chi connectivity index (χ0) is 15.1. The Balaban J connectivity index is 2.07. The summed E-state index contributed by atoms with van der Waals surface area (Å²) in [7, 11) is 0. The number of ether oxygens (including phenoxy) is 1. The minimum atomic E-state index is 0.0571. The summed E-state index contributed by atoms with van der Waals surface area (Å²) in [4.78, 5) is 4.49. The number of nitrogens with zero attached hydrogens (tertiary/aromatic N) is 1. The highest BCUT2D eigenvalue weighted by Gasteiger charge is 2.04. The average molecular weight is 283 g/mol. The van der Waals surface area contributed by atoms with Gasteiger partial charge in [0.1, 0.15) is 11.5 Å². The third kappa shape index (κ3) is 4.35. The second-order valence-corrected chi connectivity index (χ2v) is 4.93. The van der Waals surface area contributed by atoms with Crippen LogP contribution in [-0.4, -0.2) is 17.9 Å². The molecule has 1 atom stereocenters. The number of aliphatic imine (C=N–C) groups is 1. The van der Waals surface area contributed by atoms with Gasteiger partial charge in [-0.25, -0.2) is 0 Å². The SMILES string of the molecule is CCCOc1ccc(C=N[C@@H](C)c2ccccc2)c(O)c1. The third-order valence-corrected chi connectivity index (χ3v) is 3.19. The molecule has 0 saturated heterocycles. The molecular formula is C18H21NO2. The van der Waals surface area contributed by atoms with Crippen LogP contribution in [-0.2, 0) is 0 Å². The molecule has 2 aromatic rings. The van der Waals surface area contributed by atoms with Crippen LogP contribution in [0.25, 0.3) is 0 Å². The van der Waals surface area contributed by atoms with Crippen molar-refractivity contribution in [1.29, 1.82) is 0 Å². The van der Waals surface area contributed by atoms with Crippen LogP contribution in [0.15, 0.2) is 53.5 Å². The van der Waals surface area contributed by atoms with Gasteiger partial charge in [-0.1, -0.05) is 37.3 Å². The Hall–Kier alpha value is -2.29. The van der Waals surface area contributed by atoms with E-state index < -0.39 is 0 Å². The molecule has 0 aliphatic carbocycles. The minimum absolute atomic E-state index is 0.0571. The zero-order valence-corrected chi connectivity index (χ0v) is 12.5. The van der Waals surface area contributed by atoms with Crippen molar-refractivity contribution in [3.63, 3.8) is 0 Å². The van der Waals surface area contributed by atoms with E-state index in [0.717, 1.165) is 12.0 Å². The van der Waals surface area contributed by atoms with E-state index in [1.807, 2.05) is 56.3 Å². The largest absolute Gasteiger partial charge is 0.507 e. The van der Waals surface area contributed by atoms with E-state index in [1.54, 1.807) is 12.3 Å². The highest BCUT2D eigenvalue weighted by Crippen LogP contribution is 2.23. The van der Waals surface area contributed by atoms with Gasteiger partial charge < -0.3 is 9.84 Å². The van der Waals surface area contributed by atoms with Crippen LogP contribution < -0.4 is 4.74 Å². The Bertz CT molecular complexity index is 593. The Morgan fingerprint density at radius 2 is 1.95 bits per heavy atom. The van der Waals surface area contributed by atoms with Gasteiger partial charge in [0.2, 0.25) is 0 Å². The molecule has 3 nitrogen and oxygen atoms in total. The quantitative estimate of drug-likeness (QED) is 0.800. The first-order valence-corrected chi connectivity index (χ1v) is 7.24. The fraction of sp³-hybridized carbons (Fsp3) is 0.278. The predicted octanol–water partition coefficient (Wildman–Crippen LogP) is 4.36. The van der Waals surface area contributed by atoms with Crippen molar-refractivity contribution in [3.8, 4) is 11.5 Å². The summed E-state index contributed by atoms with van der Waals surface area (Å²) < 4.78 is 5.48. The topological polar surface area (TPSA) is 41.8 Å². The van der Waals surface area contributed by atoms with Gasteiger partial charge in [0.05, 0.1) is 12.6 Å². The van der Waals surface area contributed by atoms with Gasteiger partial charge in [-0.3, -0.25) is 4.99 Å². The van der Waals surface area contributed by atoms with Crippen molar-refractivity contribution in [3.05, 3.63) is 59.7 Å². The lowest BCUT2D eigenvalue weighted by Gasteiger charge is -2.08. The molecule has 0 aliphatic heterocycles. The van der Waals surface area contributed by atoms with Crippen LogP contribution >= 0.6 is 0 Å². The van der Waals surface area contributed by atoms with E-state index in [-0.39, 0.29) is 11.8 Å². The van der Waals surface area contributed by atoms with Crippen LogP contribution in [0.2, 0.25) is 0 Å². The van der Waals surface area contributed by atoms with Crippen LogP contribution in [0.5, 0.6) is 11.5 Å². The molecule has 0 saturated carbocycles. The molecular weight excluding hydrogens is 262 g/mol. The summed E-state index contributed by atoms with van der Waals surface area (Å²) in [5, 5.41) is 10.0. The van der Waals surface area contributed by atoms with Crippen molar-refractivity contribution in [2.75, 3.05) is 6.61 Å². The van der Waals surface area contributed by atoms with Gasteiger partial charge in [0.15, 0.2) is 0 Å². The highest BCUT2D eigenvalue weighted by atomic mass is 16.5. The van der Waals surface area contributed by atoms with Gasteiger partial charge in [-0.2, -0.15) is 0 Å². The van der Waals surface area contributed by atoms with E-state index in [1.165, 1.54) is 0 Å². The zero-order valence-electron chi connectivity index (χ0n) is 12.5. The van der Waals surface area contributed by atoms with Crippen LogP contribution in [0.4, 0.5) is 0 Å². The van der Waals surface area contributed by atoms with E-state index in [0.29, 0.717) is 17.9 Å². The summed E-state index contributed by atoms with van der Waals surface area (Å²) in [6, 6.07) is 15.4. The molecule has 0 radical (unpaired) electrons. The molecule has 0 aliphatic rings. The van der Waals surface area contributed by atoms with Crippen molar-refractivity contribution in [2.24, 2.45) is 4.99 Å². The molecule has 0 fully saturated rings. The number of benzene rings is 2. The van der Waals surface area contributed by atoms with Gasteiger partial charge in [-0.05, 0) is 31.0 Å². The predicted molar refractivity (Wildman–Crippen MR) is 86.3 cm³/mol. The molecule has 0 bridgehead atoms. The molecule has 2 aromatic carbocycles. The number of phenols is 1. The molecule has 0 unspecified atom stereocenters. The van der Waals surface area contributed by atoms with Crippen LogP contribution in [0.1, 0.15) is 37.4 Å². The number of phenolic OH excluding ortho intramolecular Hbond substituents is 1. The summed E-state index contributed by atoms with van der Waals surface area (Å²) in [6.45, 7) is 4.73. The Morgan fingerprint density at radius 3 is 2.62 bits per heavy atom. The molecule has 110 valence electrons. The number of hydrogen-bond acceptors (Lipinski definition) is 3. The van der Waals surface area contributed by atoms with Gasteiger partial charge in [-0.15, -0.1) is 0 Å². The molecule has 0 spiro atoms. The fourth-order valence-electron chi connectivity index (χ4n) is 1.95. The Morgan fingerprint density at radius 1 is 1.19 bits per heavy atom. The number of hydrogen-bond donors (Lipinski definition) is 1. The summed E-state index contributed by atoms with van der Waals surface area (Å²) in [5.41, 5.74) is 1.85. The maximum absolute atomic E-state index is 10.0. The van der Waals surface area contributed by atoms with Crippen molar-refractivity contribution in [2.45, 2.75) is 26.3 Å². The maximum Gasteiger partial charge on any atom is 0.128 e. The van der Waals surface area contributed by atoms with Gasteiger partial charge in [0, 0.05) is 17.8 Å². The minimum Gasteiger partial charge on any atom is -0.507 e.